The van der Waals surface area contributed by atoms with E-state index in [-0.39, 0.29) is 56.9 Å². The number of hydrogen-bond acceptors (Lipinski definition) is 12. The van der Waals surface area contributed by atoms with Gasteiger partial charge in [-0.2, -0.15) is 0 Å². The summed E-state index contributed by atoms with van der Waals surface area (Å²) >= 11 is 0. The smallest absolute Gasteiger partial charge is 0.287 e. The standard InChI is InChI=1S/C45H48N10O9/c46-41(56)30-52(28-35-12-6-2-7-13-35)44(59)32-51(23-21-38-17-19-40(26-49-38)55(63)64)43(58)33-53(29-36-14-8-3-9-15-36)45(60)31-50(22-20-37-16-18-39(25-48-37)54(61)62)42(57)27-47-24-34-10-4-1-5-11-34/h1-19,25-26,47H,20-24,27-33H2,(H2,46,56). The van der Waals surface area contributed by atoms with Crippen LogP contribution in [0.1, 0.15) is 28.1 Å². The van der Waals surface area contributed by atoms with Crippen LogP contribution in [-0.2, 0) is 56.4 Å². The van der Waals surface area contributed by atoms with Gasteiger partial charge >= 0.3 is 0 Å². The first-order chi connectivity index (χ1) is 30.8. The van der Waals surface area contributed by atoms with Crippen LogP contribution in [0.4, 0.5) is 11.4 Å². The van der Waals surface area contributed by atoms with Crippen molar-refractivity contribution >= 4 is 40.9 Å². The Labute approximate surface area is 368 Å². The summed E-state index contributed by atoms with van der Waals surface area (Å²) in [4.78, 5) is 103. The third-order valence-corrected chi connectivity index (χ3v) is 9.93. The summed E-state index contributed by atoms with van der Waals surface area (Å²) < 4.78 is 0. The number of hydrogen-bond donors (Lipinski definition) is 2. The number of nitrogens with zero attached hydrogens (tertiary/aromatic N) is 8. The second kappa shape index (κ2) is 23.9. The SMILES string of the molecule is NC(=O)CN(Cc1ccccc1)C(=O)CN(CCc1ccc([N+](=O)[O-])cn1)C(=O)CN(Cc1ccccc1)C(=O)CN(CCc1ccc([N+](=O)[O-])cn1)C(=O)CNCc1ccccc1. The summed E-state index contributed by atoms with van der Waals surface area (Å²) in [6.07, 6.45) is 2.44. The lowest BCUT2D eigenvalue weighted by Gasteiger charge is -2.31. The number of nitrogens with two attached hydrogens (primary N) is 1. The maximum atomic E-state index is 14.4. The van der Waals surface area contributed by atoms with Crippen molar-refractivity contribution in [1.82, 2.24) is 34.9 Å². The van der Waals surface area contributed by atoms with Gasteiger partial charge in [-0.15, -0.1) is 0 Å². The molecule has 332 valence electrons. The van der Waals surface area contributed by atoms with Crippen LogP contribution in [0.15, 0.2) is 128 Å². The molecule has 19 nitrogen and oxygen atoms in total. The van der Waals surface area contributed by atoms with E-state index in [0.29, 0.717) is 29.1 Å². The molecule has 2 heterocycles. The number of carbonyl (C=O) groups excluding carboxylic acids is 5. The predicted octanol–water partition coefficient (Wildman–Crippen LogP) is 3.07. The van der Waals surface area contributed by atoms with Gasteiger partial charge in [0, 0.05) is 69.1 Å². The minimum atomic E-state index is -0.768. The van der Waals surface area contributed by atoms with Crippen molar-refractivity contribution in [2.45, 2.75) is 32.5 Å². The average molecular weight is 873 g/mol. The number of benzene rings is 3. The Kier molecular flexibility index (Phi) is 17.6. The highest BCUT2D eigenvalue weighted by Crippen LogP contribution is 2.14. The Morgan fingerprint density at radius 3 is 1.31 bits per heavy atom. The maximum Gasteiger partial charge on any atom is 0.287 e. The maximum absolute atomic E-state index is 14.4. The third-order valence-electron chi connectivity index (χ3n) is 9.93. The van der Waals surface area contributed by atoms with Crippen molar-refractivity contribution in [3.8, 4) is 0 Å². The Balaban J connectivity index is 1.39. The van der Waals surface area contributed by atoms with E-state index in [2.05, 4.69) is 15.3 Å². The lowest BCUT2D eigenvalue weighted by molar-refractivity contribution is -0.385. The van der Waals surface area contributed by atoms with E-state index in [1.54, 1.807) is 60.7 Å². The van der Waals surface area contributed by atoms with Gasteiger partial charge in [0.05, 0.1) is 36.0 Å². The predicted molar refractivity (Wildman–Crippen MR) is 233 cm³/mol. The number of nitrogens with one attached hydrogen (secondary N) is 1. The highest BCUT2D eigenvalue weighted by atomic mass is 16.6. The molecule has 5 amide bonds. The Bertz CT molecular complexity index is 2360. The van der Waals surface area contributed by atoms with Crippen molar-refractivity contribution in [1.29, 1.82) is 0 Å². The molecule has 19 heteroatoms. The molecule has 0 aliphatic rings. The number of carbonyl (C=O) groups is 5. The molecular weight excluding hydrogens is 825 g/mol. The van der Waals surface area contributed by atoms with Gasteiger partial charge < -0.3 is 30.7 Å². The van der Waals surface area contributed by atoms with Gasteiger partial charge in [-0.3, -0.25) is 54.2 Å². The van der Waals surface area contributed by atoms with E-state index >= 15 is 0 Å². The highest BCUT2D eigenvalue weighted by molar-refractivity contribution is 5.91. The molecule has 2 aromatic heterocycles. The summed E-state index contributed by atoms with van der Waals surface area (Å²) in [6.45, 7) is -1.80. The van der Waals surface area contributed by atoms with Crippen LogP contribution in [0.3, 0.4) is 0 Å². The molecule has 0 saturated carbocycles. The number of pyridine rings is 2. The minimum Gasteiger partial charge on any atom is -0.368 e. The normalized spacial score (nSPS) is 10.7. The number of nitro groups is 2. The Morgan fingerprint density at radius 1 is 0.516 bits per heavy atom. The summed E-state index contributed by atoms with van der Waals surface area (Å²) in [7, 11) is 0. The molecule has 3 N–H and O–H groups in total. The number of amides is 5. The first-order valence-corrected chi connectivity index (χ1v) is 20.2. The fourth-order valence-electron chi connectivity index (χ4n) is 6.50. The van der Waals surface area contributed by atoms with Gasteiger partial charge in [-0.25, -0.2) is 0 Å². The first-order valence-electron chi connectivity index (χ1n) is 20.2. The van der Waals surface area contributed by atoms with Gasteiger partial charge in [0.25, 0.3) is 11.4 Å². The van der Waals surface area contributed by atoms with Gasteiger partial charge in [0.1, 0.15) is 18.9 Å². The van der Waals surface area contributed by atoms with Crippen LogP contribution in [0.5, 0.6) is 0 Å². The summed E-state index contributed by atoms with van der Waals surface area (Å²) in [6, 6.07) is 32.7. The molecule has 0 aliphatic heterocycles. The monoisotopic (exact) mass is 872 g/mol. The van der Waals surface area contributed by atoms with Crippen LogP contribution in [-0.4, -0.2) is 115 Å². The minimum absolute atomic E-state index is 0.00943. The van der Waals surface area contributed by atoms with Gasteiger partial charge in [-0.05, 0) is 28.8 Å². The van der Waals surface area contributed by atoms with Crippen LogP contribution in [0, 0.1) is 20.2 Å². The summed E-state index contributed by atoms with van der Waals surface area (Å²) in [5.41, 5.74) is 8.26. The number of primary amides is 1. The van der Waals surface area contributed by atoms with Crippen molar-refractivity contribution < 1.29 is 33.8 Å². The molecule has 0 bridgehead atoms. The first kappa shape index (κ1) is 47.1. The van der Waals surface area contributed by atoms with Gasteiger partial charge in [-0.1, -0.05) is 91.0 Å². The summed E-state index contributed by atoms with van der Waals surface area (Å²) in [5, 5.41) is 25.6. The molecule has 0 aliphatic carbocycles. The fraction of sp³-hybridized carbons (Fsp3) is 0.267. The highest BCUT2D eigenvalue weighted by Gasteiger charge is 2.28. The van der Waals surface area contributed by atoms with E-state index < -0.39 is 65.6 Å². The van der Waals surface area contributed by atoms with Gasteiger partial charge in [0.15, 0.2) is 0 Å². The summed E-state index contributed by atoms with van der Waals surface area (Å²) in [5.74, 6) is -3.03. The zero-order valence-corrected chi connectivity index (χ0v) is 34.9. The molecule has 0 spiro atoms. The lowest BCUT2D eigenvalue weighted by Crippen LogP contribution is -2.51. The fourth-order valence-corrected chi connectivity index (χ4v) is 6.50. The zero-order valence-electron chi connectivity index (χ0n) is 34.9. The van der Waals surface area contributed by atoms with Crippen molar-refractivity contribution in [2.24, 2.45) is 5.73 Å². The number of aromatic nitrogens is 2. The lowest BCUT2D eigenvalue weighted by atomic mass is 10.2. The molecule has 0 atom stereocenters. The molecule has 0 radical (unpaired) electrons. The molecule has 3 aromatic carbocycles. The number of rotatable bonds is 24. The van der Waals surface area contributed by atoms with E-state index in [9.17, 15) is 44.2 Å². The average Bonchev–Trinajstić information content (AvgIpc) is 3.29. The molecule has 5 rings (SSSR count). The van der Waals surface area contributed by atoms with Crippen LogP contribution in [0.25, 0.3) is 0 Å². The Hall–Kier alpha value is -7.93. The third kappa shape index (κ3) is 15.2. The molecule has 0 saturated heterocycles. The van der Waals surface area contributed by atoms with E-state index in [4.69, 9.17) is 5.73 Å². The van der Waals surface area contributed by atoms with Crippen LogP contribution in [0.2, 0.25) is 0 Å². The quantitative estimate of drug-likeness (QED) is 0.0671. The molecule has 0 unspecified atom stereocenters. The van der Waals surface area contributed by atoms with Crippen molar-refractivity contribution in [3.05, 3.63) is 176 Å². The molecular formula is C45H48N10O9. The largest absolute Gasteiger partial charge is 0.368 e. The van der Waals surface area contributed by atoms with E-state index in [0.717, 1.165) is 18.0 Å². The van der Waals surface area contributed by atoms with E-state index in [1.165, 1.54) is 43.9 Å². The van der Waals surface area contributed by atoms with Crippen molar-refractivity contribution in [2.75, 3.05) is 45.8 Å². The second-order valence-electron chi connectivity index (χ2n) is 14.7. The van der Waals surface area contributed by atoms with Gasteiger partial charge in [0.2, 0.25) is 29.5 Å². The van der Waals surface area contributed by atoms with E-state index in [1.807, 2.05) is 30.3 Å². The zero-order chi connectivity index (χ0) is 45.8. The molecule has 64 heavy (non-hydrogen) atoms. The molecule has 5 aromatic rings. The topological polar surface area (TPSA) is 248 Å². The van der Waals surface area contributed by atoms with Crippen molar-refractivity contribution in [3.63, 3.8) is 0 Å². The van der Waals surface area contributed by atoms with Crippen LogP contribution >= 0.6 is 0 Å². The van der Waals surface area contributed by atoms with Crippen LogP contribution < -0.4 is 11.1 Å². The Morgan fingerprint density at radius 2 is 0.906 bits per heavy atom. The molecule has 0 fully saturated rings. The second-order valence-corrected chi connectivity index (χ2v) is 14.7.